The molecule has 0 saturated heterocycles. The zero-order chi connectivity index (χ0) is 15.0. The first kappa shape index (κ1) is 16.5. The summed E-state index contributed by atoms with van der Waals surface area (Å²) in [5, 5.41) is 9.66. The van der Waals surface area contributed by atoms with E-state index in [1.807, 2.05) is 6.92 Å². The van der Waals surface area contributed by atoms with Gasteiger partial charge >= 0.3 is 0 Å². The summed E-state index contributed by atoms with van der Waals surface area (Å²) in [5.74, 6) is -0.0579. The highest BCUT2D eigenvalue weighted by atomic mass is 35.5. The fourth-order valence-electron chi connectivity index (χ4n) is 1.52. The van der Waals surface area contributed by atoms with Crippen LogP contribution in [0.2, 0.25) is 5.02 Å². The van der Waals surface area contributed by atoms with E-state index in [9.17, 15) is 9.59 Å². The largest absolute Gasteiger partial charge is 0.383 e. The number of nitrogens with zero attached hydrogens (tertiary/aromatic N) is 2. The van der Waals surface area contributed by atoms with Gasteiger partial charge in [-0.15, -0.1) is 0 Å². The Balaban J connectivity index is 2.61. The van der Waals surface area contributed by atoms with Crippen molar-refractivity contribution in [3.05, 3.63) is 21.6 Å². The number of hydrogen-bond acceptors (Lipinski definition) is 5. The fourth-order valence-corrected chi connectivity index (χ4v) is 1.73. The van der Waals surface area contributed by atoms with Crippen LogP contribution in [0.15, 0.2) is 11.0 Å². The molecule has 0 aliphatic carbocycles. The van der Waals surface area contributed by atoms with Crippen LogP contribution in [-0.4, -0.2) is 42.5 Å². The monoisotopic (exact) mass is 302 g/mol. The molecule has 8 heteroatoms. The molecule has 1 rings (SSSR count). The van der Waals surface area contributed by atoms with Crippen LogP contribution in [0.4, 0.5) is 5.69 Å². The lowest BCUT2D eigenvalue weighted by Gasteiger charge is -2.10. The molecule has 1 heterocycles. The third-order valence-corrected chi connectivity index (χ3v) is 2.90. The van der Waals surface area contributed by atoms with Gasteiger partial charge < -0.3 is 15.4 Å². The van der Waals surface area contributed by atoms with Crippen LogP contribution in [0.1, 0.15) is 13.3 Å². The van der Waals surface area contributed by atoms with Crippen molar-refractivity contribution in [1.82, 2.24) is 15.1 Å². The minimum Gasteiger partial charge on any atom is -0.383 e. The van der Waals surface area contributed by atoms with E-state index in [0.717, 1.165) is 0 Å². The average molecular weight is 303 g/mol. The Bertz CT molecular complexity index is 504. The van der Waals surface area contributed by atoms with Crippen LogP contribution in [-0.2, 0) is 16.1 Å². The molecule has 0 bridgehead atoms. The molecule has 0 unspecified atom stereocenters. The summed E-state index contributed by atoms with van der Waals surface area (Å²) in [7, 11) is 1.55. The molecule has 2 N–H and O–H groups in total. The van der Waals surface area contributed by atoms with E-state index in [1.165, 1.54) is 10.9 Å². The Labute approximate surface area is 122 Å². The highest BCUT2D eigenvalue weighted by molar-refractivity contribution is 6.32. The highest BCUT2D eigenvalue weighted by Crippen LogP contribution is 2.14. The maximum atomic E-state index is 11.9. The molecule has 0 fully saturated rings. The highest BCUT2D eigenvalue weighted by Gasteiger charge is 2.09. The molecule has 0 radical (unpaired) electrons. The summed E-state index contributed by atoms with van der Waals surface area (Å²) in [6.45, 7) is 3.55. The van der Waals surface area contributed by atoms with Gasteiger partial charge in [0.2, 0.25) is 5.91 Å². The molecule has 1 amide bonds. The van der Waals surface area contributed by atoms with Crippen LogP contribution in [0.3, 0.4) is 0 Å². The number of nitrogens with one attached hydrogen (secondary N) is 2. The van der Waals surface area contributed by atoms with E-state index < -0.39 is 0 Å². The number of rotatable bonds is 8. The Kier molecular flexibility index (Phi) is 7.03. The van der Waals surface area contributed by atoms with Crippen molar-refractivity contribution in [2.75, 3.05) is 32.1 Å². The van der Waals surface area contributed by atoms with Crippen molar-refractivity contribution in [2.24, 2.45) is 0 Å². The van der Waals surface area contributed by atoms with Crippen molar-refractivity contribution < 1.29 is 9.53 Å². The smallest absolute Gasteiger partial charge is 0.287 e. The number of hydrogen-bond donors (Lipinski definition) is 2. The minimum atomic E-state index is -0.383. The third kappa shape index (κ3) is 4.82. The van der Waals surface area contributed by atoms with Gasteiger partial charge in [-0.3, -0.25) is 9.59 Å². The normalized spacial score (nSPS) is 10.3. The number of carbonyl (C=O) groups is 1. The Hall–Kier alpha value is -1.60. The van der Waals surface area contributed by atoms with Crippen molar-refractivity contribution in [3.8, 4) is 0 Å². The minimum absolute atomic E-state index is 0.0579. The molecule has 0 saturated carbocycles. The predicted molar refractivity (Wildman–Crippen MR) is 77.2 cm³/mol. The lowest BCUT2D eigenvalue weighted by atomic mass is 10.3. The van der Waals surface area contributed by atoms with Crippen molar-refractivity contribution in [1.29, 1.82) is 0 Å². The topological polar surface area (TPSA) is 85.2 Å². The van der Waals surface area contributed by atoms with E-state index >= 15 is 0 Å². The fraction of sp³-hybridized carbons (Fsp3) is 0.583. The van der Waals surface area contributed by atoms with E-state index in [4.69, 9.17) is 16.3 Å². The summed E-state index contributed by atoms with van der Waals surface area (Å²) in [5.41, 5.74) is 0.0429. The van der Waals surface area contributed by atoms with E-state index in [1.54, 1.807) is 7.11 Å². The van der Waals surface area contributed by atoms with Gasteiger partial charge in [0, 0.05) is 26.6 Å². The summed E-state index contributed by atoms with van der Waals surface area (Å²) in [6.07, 6.45) is 1.77. The molecule has 0 atom stereocenters. The molecule has 7 nitrogen and oxygen atoms in total. The average Bonchev–Trinajstić information content (AvgIpc) is 2.43. The number of ether oxygens (including phenoxy) is 1. The second kappa shape index (κ2) is 8.55. The standard InChI is InChI=1S/C12H19ClN4O3/c1-3-14-10(18)4-5-15-9-8-16-17(6-7-20-2)12(19)11(9)13/h8,15H,3-7H2,1-2H3,(H,14,18). The van der Waals surface area contributed by atoms with Crippen molar-refractivity contribution in [3.63, 3.8) is 0 Å². The number of aromatic nitrogens is 2. The van der Waals surface area contributed by atoms with Crippen LogP contribution in [0, 0.1) is 0 Å². The van der Waals surface area contributed by atoms with E-state index in [-0.39, 0.29) is 16.5 Å². The number of carbonyl (C=O) groups excluding carboxylic acids is 1. The number of anilines is 1. The van der Waals surface area contributed by atoms with Crippen LogP contribution < -0.4 is 16.2 Å². The Morgan fingerprint density at radius 1 is 1.55 bits per heavy atom. The molecular weight excluding hydrogens is 284 g/mol. The zero-order valence-corrected chi connectivity index (χ0v) is 12.4. The second-order valence-electron chi connectivity index (χ2n) is 4.02. The van der Waals surface area contributed by atoms with Crippen LogP contribution >= 0.6 is 11.6 Å². The number of halogens is 1. The van der Waals surface area contributed by atoms with Crippen LogP contribution in [0.5, 0.6) is 0 Å². The lowest BCUT2D eigenvalue weighted by molar-refractivity contribution is -0.120. The van der Waals surface area contributed by atoms with Gasteiger partial charge in [0.15, 0.2) is 0 Å². The molecule has 1 aromatic rings. The van der Waals surface area contributed by atoms with Crippen LogP contribution in [0.25, 0.3) is 0 Å². The zero-order valence-electron chi connectivity index (χ0n) is 11.6. The summed E-state index contributed by atoms with van der Waals surface area (Å²) in [6, 6.07) is 0. The summed E-state index contributed by atoms with van der Waals surface area (Å²) in [4.78, 5) is 23.2. The van der Waals surface area contributed by atoms with Gasteiger partial charge in [-0.25, -0.2) is 4.68 Å². The van der Waals surface area contributed by atoms with E-state index in [2.05, 4.69) is 15.7 Å². The van der Waals surface area contributed by atoms with Gasteiger partial charge in [0.05, 0.1) is 25.0 Å². The maximum Gasteiger partial charge on any atom is 0.287 e. The second-order valence-corrected chi connectivity index (χ2v) is 4.40. The molecule has 0 aliphatic rings. The SMILES string of the molecule is CCNC(=O)CCNc1cnn(CCOC)c(=O)c1Cl. The first-order valence-corrected chi connectivity index (χ1v) is 6.73. The summed E-state index contributed by atoms with van der Waals surface area (Å²) >= 11 is 5.98. The Morgan fingerprint density at radius 3 is 2.95 bits per heavy atom. The molecule has 20 heavy (non-hydrogen) atoms. The predicted octanol–water partition coefficient (Wildman–Crippen LogP) is 0.481. The lowest BCUT2D eigenvalue weighted by Crippen LogP contribution is -2.27. The first-order valence-electron chi connectivity index (χ1n) is 6.35. The van der Waals surface area contributed by atoms with Gasteiger partial charge in [0.1, 0.15) is 5.02 Å². The number of amides is 1. The molecule has 1 aromatic heterocycles. The maximum absolute atomic E-state index is 11.9. The molecule has 112 valence electrons. The first-order chi connectivity index (χ1) is 9.60. The Morgan fingerprint density at radius 2 is 2.30 bits per heavy atom. The third-order valence-electron chi connectivity index (χ3n) is 2.53. The molecular formula is C12H19ClN4O3. The van der Waals surface area contributed by atoms with Gasteiger partial charge in [0.25, 0.3) is 5.56 Å². The molecule has 0 aromatic carbocycles. The quantitative estimate of drug-likeness (QED) is 0.729. The van der Waals surface area contributed by atoms with E-state index in [0.29, 0.717) is 38.3 Å². The van der Waals surface area contributed by atoms with Crippen molar-refractivity contribution >= 4 is 23.2 Å². The molecule has 0 spiro atoms. The van der Waals surface area contributed by atoms with Gasteiger partial charge in [-0.2, -0.15) is 5.10 Å². The summed E-state index contributed by atoms with van der Waals surface area (Å²) < 4.78 is 6.12. The van der Waals surface area contributed by atoms with Crippen molar-refractivity contribution in [2.45, 2.75) is 19.9 Å². The molecule has 0 aliphatic heterocycles. The van der Waals surface area contributed by atoms with Gasteiger partial charge in [-0.1, -0.05) is 11.6 Å². The number of methoxy groups -OCH3 is 1. The van der Waals surface area contributed by atoms with Gasteiger partial charge in [-0.05, 0) is 6.92 Å².